The van der Waals surface area contributed by atoms with Gasteiger partial charge in [-0.1, -0.05) is 42.5 Å². The zero-order chi connectivity index (χ0) is 16.8. The summed E-state index contributed by atoms with van der Waals surface area (Å²) < 4.78 is 0. The Balaban J connectivity index is 1.55. The number of amides is 1. The third-order valence-corrected chi connectivity index (χ3v) is 4.64. The maximum atomic E-state index is 12.0. The van der Waals surface area contributed by atoms with Crippen LogP contribution in [0.3, 0.4) is 0 Å². The van der Waals surface area contributed by atoms with Crippen LogP contribution < -0.4 is 5.32 Å². The summed E-state index contributed by atoms with van der Waals surface area (Å²) in [7, 11) is 0. The fourth-order valence-corrected chi connectivity index (χ4v) is 3.32. The number of anilines is 1. The third kappa shape index (κ3) is 3.95. The Morgan fingerprint density at radius 1 is 1.00 bits per heavy atom. The molecule has 3 rings (SSSR count). The lowest BCUT2D eigenvalue weighted by molar-refractivity contribution is -0.115. The maximum absolute atomic E-state index is 12.0. The Morgan fingerprint density at radius 2 is 1.75 bits per heavy atom. The van der Waals surface area contributed by atoms with Gasteiger partial charge < -0.3 is 5.32 Å². The minimum Gasteiger partial charge on any atom is -0.325 e. The highest BCUT2D eigenvalue weighted by atomic mass is 32.2. The predicted octanol–water partition coefficient (Wildman–Crippen LogP) is 4.83. The number of thioether (sulfide) groups is 1. The molecule has 3 aromatic carbocycles. The number of fused-ring (bicyclic) bond motifs is 1. The molecule has 0 aromatic heterocycles. The second-order valence-corrected chi connectivity index (χ2v) is 6.48. The van der Waals surface area contributed by atoms with E-state index in [0.717, 1.165) is 4.90 Å². The summed E-state index contributed by atoms with van der Waals surface area (Å²) in [6.07, 6.45) is 0.400. The van der Waals surface area contributed by atoms with Gasteiger partial charge in [-0.05, 0) is 35.0 Å². The summed E-state index contributed by atoms with van der Waals surface area (Å²) in [5.41, 5.74) is 1.05. The van der Waals surface area contributed by atoms with Crippen LogP contribution in [0.1, 0.15) is 12.0 Å². The first kappa shape index (κ1) is 16.1. The van der Waals surface area contributed by atoms with Crippen molar-refractivity contribution in [1.82, 2.24) is 0 Å². The molecule has 24 heavy (non-hydrogen) atoms. The number of hydrogen-bond acceptors (Lipinski definition) is 3. The summed E-state index contributed by atoms with van der Waals surface area (Å²) in [6.45, 7) is 0. The molecule has 0 aliphatic rings. The van der Waals surface area contributed by atoms with Crippen LogP contribution in [0.4, 0.5) is 5.69 Å². The first-order chi connectivity index (χ1) is 11.8. The summed E-state index contributed by atoms with van der Waals surface area (Å²) >= 11 is 1.66. The number of nitriles is 1. The van der Waals surface area contributed by atoms with Crippen LogP contribution in [0, 0.1) is 11.3 Å². The van der Waals surface area contributed by atoms with Crippen LogP contribution in [0.15, 0.2) is 71.6 Å². The van der Waals surface area contributed by atoms with Gasteiger partial charge in [-0.15, -0.1) is 11.8 Å². The molecule has 0 unspecified atom stereocenters. The number of carbonyl (C=O) groups excluding carboxylic acids is 1. The second-order valence-electron chi connectivity index (χ2n) is 5.31. The minimum absolute atomic E-state index is 0.0778. The average molecular weight is 332 g/mol. The van der Waals surface area contributed by atoms with Gasteiger partial charge in [0.1, 0.15) is 6.07 Å². The van der Waals surface area contributed by atoms with E-state index in [1.165, 1.54) is 10.8 Å². The Bertz CT molecular complexity index is 915. The molecule has 1 N–H and O–H groups in total. The van der Waals surface area contributed by atoms with E-state index in [1.54, 1.807) is 36.0 Å². The fraction of sp³-hybridized carbons (Fsp3) is 0.100. The van der Waals surface area contributed by atoms with Crippen LogP contribution in [-0.2, 0) is 4.79 Å². The molecule has 4 heteroatoms. The van der Waals surface area contributed by atoms with Gasteiger partial charge >= 0.3 is 0 Å². The van der Waals surface area contributed by atoms with Crippen molar-refractivity contribution in [3.8, 4) is 6.07 Å². The zero-order valence-electron chi connectivity index (χ0n) is 13.0. The lowest BCUT2D eigenvalue weighted by Crippen LogP contribution is -2.13. The van der Waals surface area contributed by atoms with E-state index in [-0.39, 0.29) is 5.91 Å². The highest BCUT2D eigenvalue weighted by molar-refractivity contribution is 7.99. The molecular weight excluding hydrogens is 316 g/mol. The maximum Gasteiger partial charge on any atom is 0.225 e. The highest BCUT2D eigenvalue weighted by Gasteiger charge is 2.06. The Hall–Kier alpha value is -2.77. The van der Waals surface area contributed by atoms with Crippen molar-refractivity contribution in [1.29, 1.82) is 5.26 Å². The molecule has 1 amide bonds. The Labute approximate surface area is 145 Å². The topological polar surface area (TPSA) is 52.9 Å². The molecule has 0 saturated heterocycles. The van der Waals surface area contributed by atoms with Crippen molar-refractivity contribution in [3.05, 3.63) is 72.3 Å². The van der Waals surface area contributed by atoms with E-state index in [1.807, 2.05) is 12.1 Å². The van der Waals surface area contributed by atoms with Crippen molar-refractivity contribution in [2.24, 2.45) is 0 Å². The van der Waals surface area contributed by atoms with Crippen molar-refractivity contribution in [3.63, 3.8) is 0 Å². The number of para-hydroxylation sites is 1. The van der Waals surface area contributed by atoms with Gasteiger partial charge in [-0.3, -0.25) is 4.79 Å². The van der Waals surface area contributed by atoms with Crippen molar-refractivity contribution in [2.45, 2.75) is 11.3 Å². The Kier molecular flexibility index (Phi) is 5.15. The quantitative estimate of drug-likeness (QED) is 0.681. The van der Waals surface area contributed by atoms with Crippen LogP contribution >= 0.6 is 11.8 Å². The normalized spacial score (nSPS) is 10.3. The predicted molar refractivity (Wildman–Crippen MR) is 99.1 cm³/mol. The summed E-state index contributed by atoms with van der Waals surface area (Å²) in [5, 5.41) is 14.3. The van der Waals surface area contributed by atoms with E-state index < -0.39 is 0 Å². The molecule has 0 fully saturated rings. The number of carbonyl (C=O) groups is 1. The van der Waals surface area contributed by atoms with Crippen LogP contribution in [0.2, 0.25) is 0 Å². The molecule has 0 radical (unpaired) electrons. The molecule has 0 aliphatic carbocycles. The molecule has 0 bridgehead atoms. The Morgan fingerprint density at radius 3 is 2.58 bits per heavy atom. The van der Waals surface area contributed by atoms with Crippen LogP contribution in [-0.4, -0.2) is 11.7 Å². The summed E-state index contributed by atoms with van der Waals surface area (Å²) in [5.74, 6) is 0.616. The zero-order valence-corrected chi connectivity index (χ0v) is 13.8. The molecule has 0 aliphatic heterocycles. The second kappa shape index (κ2) is 7.67. The number of benzene rings is 3. The number of nitrogens with one attached hydrogen (secondary N) is 1. The van der Waals surface area contributed by atoms with Crippen LogP contribution in [0.5, 0.6) is 0 Å². The third-order valence-electron chi connectivity index (χ3n) is 3.64. The SMILES string of the molecule is N#Cc1ccccc1NC(=O)CCSc1ccc2ccccc2c1. The van der Waals surface area contributed by atoms with E-state index in [9.17, 15) is 4.79 Å². The van der Waals surface area contributed by atoms with E-state index in [0.29, 0.717) is 23.4 Å². The van der Waals surface area contributed by atoms with Gasteiger partial charge in [0.05, 0.1) is 11.3 Å². The van der Waals surface area contributed by atoms with Gasteiger partial charge in [0, 0.05) is 17.1 Å². The van der Waals surface area contributed by atoms with Crippen molar-refractivity contribution >= 4 is 34.1 Å². The monoisotopic (exact) mass is 332 g/mol. The molecule has 0 saturated carbocycles. The largest absolute Gasteiger partial charge is 0.325 e. The van der Waals surface area contributed by atoms with Crippen molar-refractivity contribution < 1.29 is 4.79 Å². The number of hydrogen-bond donors (Lipinski definition) is 1. The van der Waals surface area contributed by atoms with E-state index in [2.05, 4.69) is 41.7 Å². The minimum atomic E-state index is -0.0778. The number of rotatable bonds is 5. The van der Waals surface area contributed by atoms with E-state index in [4.69, 9.17) is 5.26 Å². The van der Waals surface area contributed by atoms with Crippen LogP contribution in [0.25, 0.3) is 10.8 Å². The van der Waals surface area contributed by atoms with Crippen molar-refractivity contribution in [2.75, 3.05) is 11.1 Å². The van der Waals surface area contributed by atoms with Gasteiger partial charge in [-0.2, -0.15) is 5.26 Å². The molecule has 118 valence electrons. The summed E-state index contributed by atoms with van der Waals surface area (Å²) in [6, 6.07) is 23.6. The van der Waals surface area contributed by atoms with Gasteiger partial charge in [0.15, 0.2) is 0 Å². The van der Waals surface area contributed by atoms with Gasteiger partial charge in [0.25, 0.3) is 0 Å². The lowest BCUT2D eigenvalue weighted by Gasteiger charge is -2.07. The molecule has 0 heterocycles. The molecule has 0 spiro atoms. The van der Waals surface area contributed by atoms with Gasteiger partial charge in [0.2, 0.25) is 5.91 Å². The first-order valence-corrected chi connectivity index (χ1v) is 8.65. The fourth-order valence-electron chi connectivity index (χ4n) is 2.42. The standard InChI is InChI=1S/C20H16N2OS/c21-14-17-7-3-4-8-19(17)22-20(23)11-12-24-18-10-9-15-5-1-2-6-16(15)13-18/h1-10,13H,11-12H2,(H,22,23). The van der Waals surface area contributed by atoms with Gasteiger partial charge in [-0.25, -0.2) is 0 Å². The molecule has 0 atom stereocenters. The average Bonchev–Trinajstić information content (AvgIpc) is 2.62. The van der Waals surface area contributed by atoms with E-state index >= 15 is 0 Å². The molecular formula is C20H16N2OS. The molecule has 3 aromatic rings. The first-order valence-electron chi connectivity index (χ1n) is 7.67. The lowest BCUT2D eigenvalue weighted by atomic mass is 10.1. The summed E-state index contributed by atoms with van der Waals surface area (Å²) in [4.78, 5) is 13.2. The number of nitrogens with zero attached hydrogens (tertiary/aromatic N) is 1. The smallest absolute Gasteiger partial charge is 0.225 e. The highest BCUT2D eigenvalue weighted by Crippen LogP contribution is 2.24. The molecule has 3 nitrogen and oxygen atoms in total.